The SMILES string of the molecule is c1ccc2c(c1)CCN1COc3c(ccc4ccccc34)C21. The fourth-order valence-electron chi connectivity index (χ4n) is 3.91. The maximum absolute atomic E-state index is 6.15. The van der Waals surface area contributed by atoms with Crippen molar-refractivity contribution in [3.63, 3.8) is 0 Å². The summed E-state index contributed by atoms with van der Waals surface area (Å²) in [7, 11) is 0. The molecule has 2 nitrogen and oxygen atoms in total. The first kappa shape index (κ1) is 12.2. The van der Waals surface area contributed by atoms with E-state index in [1.807, 2.05) is 0 Å². The van der Waals surface area contributed by atoms with E-state index in [4.69, 9.17) is 4.74 Å². The third kappa shape index (κ3) is 1.65. The van der Waals surface area contributed by atoms with E-state index < -0.39 is 0 Å². The van der Waals surface area contributed by atoms with Crippen LogP contribution in [0.25, 0.3) is 10.8 Å². The molecule has 0 aliphatic carbocycles. The van der Waals surface area contributed by atoms with Crippen molar-refractivity contribution in [3.05, 3.63) is 77.4 Å². The van der Waals surface area contributed by atoms with Gasteiger partial charge in [0.05, 0.1) is 6.04 Å². The van der Waals surface area contributed by atoms with Gasteiger partial charge >= 0.3 is 0 Å². The van der Waals surface area contributed by atoms with E-state index in [0.717, 1.165) is 18.7 Å². The zero-order valence-electron chi connectivity index (χ0n) is 12.3. The summed E-state index contributed by atoms with van der Waals surface area (Å²) in [6, 6.07) is 22.1. The molecule has 0 saturated carbocycles. The molecule has 0 aromatic heterocycles. The molecule has 0 N–H and O–H groups in total. The Morgan fingerprint density at radius 2 is 1.73 bits per heavy atom. The van der Waals surface area contributed by atoms with Crippen molar-refractivity contribution in [2.45, 2.75) is 12.5 Å². The highest BCUT2D eigenvalue weighted by atomic mass is 16.5. The molecule has 2 heteroatoms. The largest absolute Gasteiger partial charge is 0.477 e. The lowest BCUT2D eigenvalue weighted by molar-refractivity contribution is 0.0691. The van der Waals surface area contributed by atoms with E-state index in [0.29, 0.717) is 12.8 Å². The molecule has 108 valence electrons. The first-order valence-electron chi connectivity index (χ1n) is 7.88. The van der Waals surface area contributed by atoms with Crippen LogP contribution in [0.2, 0.25) is 0 Å². The van der Waals surface area contributed by atoms with Crippen LogP contribution in [-0.2, 0) is 6.42 Å². The van der Waals surface area contributed by atoms with Gasteiger partial charge in [0.15, 0.2) is 0 Å². The van der Waals surface area contributed by atoms with Gasteiger partial charge in [-0.15, -0.1) is 0 Å². The Morgan fingerprint density at radius 3 is 2.73 bits per heavy atom. The van der Waals surface area contributed by atoms with Gasteiger partial charge < -0.3 is 4.74 Å². The van der Waals surface area contributed by atoms with Gasteiger partial charge in [-0.05, 0) is 22.9 Å². The van der Waals surface area contributed by atoms with Crippen LogP contribution in [0.15, 0.2) is 60.7 Å². The lowest BCUT2D eigenvalue weighted by Crippen LogP contribution is -2.41. The molecule has 0 saturated heterocycles. The Hall–Kier alpha value is -2.32. The summed E-state index contributed by atoms with van der Waals surface area (Å²) in [5, 5.41) is 2.47. The topological polar surface area (TPSA) is 12.5 Å². The third-order valence-corrected chi connectivity index (χ3v) is 4.96. The average Bonchev–Trinajstić information content (AvgIpc) is 2.60. The second kappa shape index (κ2) is 4.59. The highest BCUT2D eigenvalue weighted by Gasteiger charge is 2.34. The molecule has 1 atom stereocenters. The average molecular weight is 287 g/mol. The molecule has 1 unspecified atom stereocenters. The van der Waals surface area contributed by atoms with Crippen LogP contribution in [-0.4, -0.2) is 18.2 Å². The lowest BCUT2D eigenvalue weighted by atomic mass is 9.86. The van der Waals surface area contributed by atoms with Crippen molar-refractivity contribution in [1.29, 1.82) is 0 Å². The van der Waals surface area contributed by atoms with E-state index in [-0.39, 0.29) is 0 Å². The molecular formula is C20H17NO. The van der Waals surface area contributed by atoms with Crippen molar-refractivity contribution in [1.82, 2.24) is 4.90 Å². The predicted octanol–water partition coefficient (Wildman–Crippen LogP) is 4.14. The van der Waals surface area contributed by atoms with E-state index >= 15 is 0 Å². The molecule has 5 rings (SSSR count). The number of nitrogens with zero attached hydrogens (tertiary/aromatic N) is 1. The fourth-order valence-corrected chi connectivity index (χ4v) is 3.91. The molecule has 22 heavy (non-hydrogen) atoms. The summed E-state index contributed by atoms with van der Waals surface area (Å²) < 4.78 is 6.15. The van der Waals surface area contributed by atoms with Crippen molar-refractivity contribution >= 4 is 10.8 Å². The molecule has 2 aliphatic rings. The Labute approximate surface area is 129 Å². The first-order chi connectivity index (χ1) is 10.9. The number of rotatable bonds is 0. The van der Waals surface area contributed by atoms with Gasteiger partial charge in [0.1, 0.15) is 12.5 Å². The van der Waals surface area contributed by atoms with Crippen LogP contribution in [0.1, 0.15) is 22.7 Å². The zero-order valence-corrected chi connectivity index (χ0v) is 12.3. The van der Waals surface area contributed by atoms with Crippen LogP contribution in [0, 0.1) is 0 Å². The van der Waals surface area contributed by atoms with Gasteiger partial charge in [-0.2, -0.15) is 0 Å². The van der Waals surface area contributed by atoms with E-state index in [1.54, 1.807) is 0 Å². The summed E-state index contributed by atoms with van der Waals surface area (Å²) in [6.07, 6.45) is 1.11. The van der Waals surface area contributed by atoms with Gasteiger partial charge in [0.2, 0.25) is 0 Å². The number of hydrogen-bond donors (Lipinski definition) is 0. The molecule has 0 spiro atoms. The van der Waals surface area contributed by atoms with Gasteiger partial charge in [0.25, 0.3) is 0 Å². The van der Waals surface area contributed by atoms with Crippen LogP contribution < -0.4 is 4.74 Å². The van der Waals surface area contributed by atoms with Crippen molar-refractivity contribution in [3.8, 4) is 5.75 Å². The van der Waals surface area contributed by atoms with Crippen molar-refractivity contribution in [2.24, 2.45) is 0 Å². The summed E-state index contributed by atoms with van der Waals surface area (Å²) in [6.45, 7) is 1.74. The number of benzene rings is 3. The second-order valence-corrected chi connectivity index (χ2v) is 6.14. The molecule has 0 amide bonds. The summed E-state index contributed by atoms with van der Waals surface area (Å²) in [4.78, 5) is 2.44. The highest BCUT2D eigenvalue weighted by Crippen LogP contribution is 2.44. The quantitative estimate of drug-likeness (QED) is 0.616. The lowest BCUT2D eigenvalue weighted by Gasteiger charge is -2.41. The minimum absolute atomic E-state index is 0.332. The van der Waals surface area contributed by atoms with Gasteiger partial charge in [-0.1, -0.05) is 60.7 Å². The maximum atomic E-state index is 6.15. The normalized spacial score (nSPS) is 19.9. The molecule has 0 radical (unpaired) electrons. The van der Waals surface area contributed by atoms with Crippen LogP contribution in [0.5, 0.6) is 5.75 Å². The molecule has 2 aliphatic heterocycles. The van der Waals surface area contributed by atoms with Gasteiger partial charge in [-0.3, -0.25) is 4.90 Å². The smallest absolute Gasteiger partial charge is 0.142 e. The van der Waals surface area contributed by atoms with Gasteiger partial charge in [-0.25, -0.2) is 0 Å². The van der Waals surface area contributed by atoms with E-state index in [9.17, 15) is 0 Å². The molecule has 3 aromatic rings. The Bertz CT molecular complexity index is 870. The third-order valence-electron chi connectivity index (χ3n) is 4.96. The monoisotopic (exact) mass is 287 g/mol. The van der Waals surface area contributed by atoms with Crippen LogP contribution in [0.3, 0.4) is 0 Å². The molecular weight excluding hydrogens is 270 g/mol. The van der Waals surface area contributed by atoms with Crippen molar-refractivity contribution < 1.29 is 4.74 Å². The number of hydrogen-bond acceptors (Lipinski definition) is 2. The Kier molecular flexibility index (Phi) is 2.55. The Morgan fingerprint density at radius 1 is 0.864 bits per heavy atom. The minimum Gasteiger partial charge on any atom is -0.477 e. The molecule has 0 fully saturated rings. The predicted molar refractivity (Wildman–Crippen MR) is 88.1 cm³/mol. The first-order valence-corrected chi connectivity index (χ1v) is 7.88. The molecule has 0 bridgehead atoms. The number of fused-ring (bicyclic) bond motifs is 7. The van der Waals surface area contributed by atoms with Crippen LogP contribution in [0.4, 0.5) is 0 Å². The number of ether oxygens (including phenoxy) is 1. The molecule has 3 aromatic carbocycles. The second-order valence-electron chi connectivity index (χ2n) is 6.14. The fraction of sp³-hybridized carbons (Fsp3) is 0.200. The highest BCUT2D eigenvalue weighted by molar-refractivity contribution is 5.90. The maximum Gasteiger partial charge on any atom is 0.142 e. The molecule has 2 heterocycles. The Balaban J connectivity index is 1.77. The van der Waals surface area contributed by atoms with Crippen molar-refractivity contribution in [2.75, 3.05) is 13.3 Å². The summed E-state index contributed by atoms with van der Waals surface area (Å²) >= 11 is 0. The van der Waals surface area contributed by atoms with Crippen LogP contribution >= 0.6 is 0 Å². The summed E-state index contributed by atoms with van der Waals surface area (Å²) in [5.41, 5.74) is 4.22. The minimum atomic E-state index is 0.332. The van der Waals surface area contributed by atoms with E-state index in [2.05, 4.69) is 65.6 Å². The summed E-state index contributed by atoms with van der Waals surface area (Å²) in [5.74, 6) is 1.07. The standard InChI is InChI=1S/C20H17NO/c1-3-7-16-15(6-1)11-12-21-13-22-20-17-8-4-2-5-14(17)9-10-18(20)19(16)21/h1-10,19H,11-13H2. The van der Waals surface area contributed by atoms with Gasteiger partial charge in [0, 0.05) is 17.5 Å². The van der Waals surface area contributed by atoms with E-state index in [1.165, 1.54) is 27.5 Å². The zero-order chi connectivity index (χ0) is 14.5.